The van der Waals surface area contributed by atoms with Gasteiger partial charge in [-0.25, -0.2) is 9.97 Å². The van der Waals surface area contributed by atoms with Crippen molar-refractivity contribution in [1.82, 2.24) is 25.3 Å². The molecule has 1 amide bonds. The highest BCUT2D eigenvalue weighted by molar-refractivity contribution is 5.94. The normalized spacial score (nSPS) is 14.5. The van der Waals surface area contributed by atoms with E-state index in [2.05, 4.69) is 26.3 Å². The van der Waals surface area contributed by atoms with E-state index in [1.54, 1.807) is 36.9 Å². The Morgan fingerprint density at radius 3 is 2.48 bits per heavy atom. The molecule has 0 radical (unpaired) electrons. The zero-order valence-corrected chi connectivity index (χ0v) is 17.0. The molecule has 1 fully saturated rings. The maximum Gasteiger partial charge on any atom is 0.253 e. The molecule has 1 aliphatic rings. The van der Waals surface area contributed by atoms with E-state index in [0.717, 1.165) is 48.2 Å². The highest BCUT2D eigenvalue weighted by Gasteiger charge is 2.24. The first-order valence-corrected chi connectivity index (χ1v) is 10.4. The van der Waals surface area contributed by atoms with Gasteiger partial charge in [0.1, 0.15) is 5.82 Å². The van der Waals surface area contributed by atoms with Crippen molar-refractivity contribution in [3.05, 3.63) is 78.9 Å². The summed E-state index contributed by atoms with van der Waals surface area (Å²) in [6.45, 7) is 1.63. The number of hydrogen-bond donors (Lipinski definition) is 1. The Balaban J connectivity index is 1.36. The first kappa shape index (κ1) is 19.1. The molecule has 0 unspecified atom stereocenters. The van der Waals surface area contributed by atoms with Crippen LogP contribution in [0.2, 0.25) is 0 Å². The molecule has 0 atom stereocenters. The van der Waals surface area contributed by atoms with Crippen LogP contribution in [0.25, 0.3) is 22.3 Å². The third kappa shape index (κ3) is 4.07. The Labute approximate surface area is 180 Å². The number of carbonyl (C=O) groups excluding carboxylic acids is 1. The molecule has 154 valence electrons. The van der Waals surface area contributed by atoms with Crippen molar-refractivity contribution in [3.63, 3.8) is 0 Å². The monoisotopic (exact) mass is 410 g/mol. The van der Waals surface area contributed by atoms with Gasteiger partial charge in [-0.1, -0.05) is 12.1 Å². The fraction of sp³-hybridized carbons (Fsp3) is 0.208. The molecule has 0 bridgehead atoms. The average molecular weight is 410 g/mol. The predicted octanol–water partition coefficient (Wildman–Crippen LogP) is 3.49. The van der Waals surface area contributed by atoms with Crippen LogP contribution in [0.3, 0.4) is 0 Å². The summed E-state index contributed by atoms with van der Waals surface area (Å²) in [5, 5.41) is 4.18. The second-order valence-corrected chi connectivity index (χ2v) is 7.60. The molecule has 31 heavy (non-hydrogen) atoms. The third-order valence-electron chi connectivity index (χ3n) is 5.58. The van der Waals surface area contributed by atoms with Gasteiger partial charge in [-0.3, -0.25) is 14.8 Å². The third-order valence-corrected chi connectivity index (χ3v) is 5.58. The molecule has 3 aromatic heterocycles. The molecule has 0 saturated carbocycles. The molecular weight excluding hydrogens is 388 g/mol. The topological polar surface area (TPSA) is 83.9 Å². The van der Waals surface area contributed by atoms with Crippen LogP contribution in [0.4, 0.5) is 5.82 Å². The summed E-state index contributed by atoms with van der Waals surface area (Å²) in [5.41, 5.74) is 2.46. The lowest BCUT2D eigenvalue weighted by Gasteiger charge is -2.33. The quantitative estimate of drug-likeness (QED) is 0.555. The van der Waals surface area contributed by atoms with Crippen molar-refractivity contribution in [2.24, 2.45) is 0 Å². The molecule has 5 rings (SSSR count). The van der Waals surface area contributed by atoms with Crippen LogP contribution in [0.15, 0.2) is 73.3 Å². The van der Waals surface area contributed by atoms with Crippen molar-refractivity contribution in [2.75, 3.05) is 18.0 Å². The lowest BCUT2D eigenvalue weighted by atomic mass is 10.0. The second-order valence-electron chi connectivity index (χ2n) is 7.60. The standard InChI is InChI=1S/C24H22N6O/c31-24(18-4-3-11-26-16-18)27-19-9-14-30(15-10-19)23-20-5-1-2-6-21(20)28-22(29-23)17-7-12-25-13-8-17/h1-8,11-13,16,19H,9-10,14-15H2,(H,27,31). The van der Waals surface area contributed by atoms with Crippen LogP contribution in [0.5, 0.6) is 0 Å². The lowest BCUT2D eigenvalue weighted by molar-refractivity contribution is 0.0930. The lowest BCUT2D eigenvalue weighted by Crippen LogP contribution is -2.45. The first-order valence-electron chi connectivity index (χ1n) is 10.4. The van der Waals surface area contributed by atoms with E-state index in [4.69, 9.17) is 9.97 Å². The number of para-hydroxylation sites is 1. The summed E-state index contributed by atoms with van der Waals surface area (Å²) in [7, 11) is 0. The molecule has 0 spiro atoms. The minimum absolute atomic E-state index is 0.0704. The molecular formula is C24H22N6O. The summed E-state index contributed by atoms with van der Waals surface area (Å²) in [4.78, 5) is 32.5. The van der Waals surface area contributed by atoms with Gasteiger partial charge in [-0.05, 0) is 49.2 Å². The maximum atomic E-state index is 12.5. The molecule has 7 heteroatoms. The number of amides is 1. The van der Waals surface area contributed by atoms with Gasteiger partial charge in [-0.2, -0.15) is 0 Å². The minimum atomic E-state index is -0.0704. The molecule has 0 aliphatic carbocycles. The van der Waals surface area contributed by atoms with Crippen molar-refractivity contribution >= 4 is 22.6 Å². The van der Waals surface area contributed by atoms with E-state index in [1.807, 2.05) is 30.3 Å². The van der Waals surface area contributed by atoms with Crippen LogP contribution < -0.4 is 10.2 Å². The van der Waals surface area contributed by atoms with Crippen LogP contribution in [0.1, 0.15) is 23.2 Å². The zero-order chi connectivity index (χ0) is 21.0. The van der Waals surface area contributed by atoms with Crippen LogP contribution in [-0.4, -0.2) is 45.0 Å². The van der Waals surface area contributed by atoms with Gasteiger partial charge in [0.2, 0.25) is 0 Å². The number of nitrogens with zero attached hydrogens (tertiary/aromatic N) is 5. The van der Waals surface area contributed by atoms with Crippen molar-refractivity contribution in [2.45, 2.75) is 18.9 Å². The Hall–Kier alpha value is -3.87. The van der Waals surface area contributed by atoms with E-state index in [1.165, 1.54) is 0 Å². The summed E-state index contributed by atoms with van der Waals surface area (Å²) in [6, 6.07) is 15.6. The number of pyridine rings is 2. The molecule has 7 nitrogen and oxygen atoms in total. The number of hydrogen-bond acceptors (Lipinski definition) is 6. The van der Waals surface area contributed by atoms with Crippen LogP contribution in [0, 0.1) is 0 Å². The number of rotatable bonds is 4. The number of piperidine rings is 1. The van der Waals surface area contributed by atoms with E-state index >= 15 is 0 Å². The number of nitrogens with one attached hydrogen (secondary N) is 1. The van der Waals surface area contributed by atoms with E-state index in [-0.39, 0.29) is 11.9 Å². The van der Waals surface area contributed by atoms with E-state index < -0.39 is 0 Å². The summed E-state index contributed by atoms with van der Waals surface area (Å²) in [6.07, 6.45) is 8.48. The van der Waals surface area contributed by atoms with Crippen molar-refractivity contribution in [1.29, 1.82) is 0 Å². The molecule has 1 aromatic carbocycles. The summed E-state index contributed by atoms with van der Waals surface area (Å²) < 4.78 is 0. The minimum Gasteiger partial charge on any atom is -0.356 e. The van der Waals surface area contributed by atoms with Crippen LogP contribution in [-0.2, 0) is 0 Å². The molecule has 4 heterocycles. The second kappa shape index (κ2) is 8.47. The Morgan fingerprint density at radius 1 is 0.903 bits per heavy atom. The van der Waals surface area contributed by atoms with Crippen LogP contribution >= 0.6 is 0 Å². The number of benzene rings is 1. The molecule has 1 aliphatic heterocycles. The highest BCUT2D eigenvalue weighted by atomic mass is 16.1. The average Bonchev–Trinajstić information content (AvgIpc) is 2.85. The van der Waals surface area contributed by atoms with Gasteiger partial charge < -0.3 is 10.2 Å². The van der Waals surface area contributed by atoms with E-state index in [9.17, 15) is 4.79 Å². The number of anilines is 1. The summed E-state index contributed by atoms with van der Waals surface area (Å²) >= 11 is 0. The first-order chi connectivity index (χ1) is 15.3. The Kier molecular flexibility index (Phi) is 5.22. The van der Waals surface area contributed by atoms with Gasteiger partial charge in [0, 0.05) is 54.9 Å². The molecule has 1 saturated heterocycles. The number of carbonyl (C=O) groups is 1. The highest BCUT2D eigenvalue weighted by Crippen LogP contribution is 2.29. The number of aromatic nitrogens is 4. The van der Waals surface area contributed by atoms with Gasteiger partial charge in [0.15, 0.2) is 5.82 Å². The number of fused-ring (bicyclic) bond motifs is 1. The predicted molar refractivity (Wildman–Crippen MR) is 120 cm³/mol. The zero-order valence-electron chi connectivity index (χ0n) is 17.0. The Morgan fingerprint density at radius 2 is 1.71 bits per heavy atom. The van der Waals surface area contributed by atoms with Gasteiger partial charge in [-0.15, -0.1) is 0 Å². The van der Waals surface area contributed by atoms with Crippen molar-refractivity contribution < 1.29 is 4.79 Å². The largest absolute Gasteiger partial charge is 0.356 e. The van der Waals surface area contributed by atoms with Gasteiger partial charge >= 0.3 is 0 Å². The fourth-order valence-corrected chi connectivity index (χ4v) is 3.93. The van der Waals surface area contributed by atoms with E-state index in [0.29, 0.717) is 11.4 Å². The van der Waals surface area contributed by atoms with Gasteiger partial charge in [0.05, 0.1) is 11.1 Å². The van der Waals surface area contributed by atoms with Crippen molar-refractivity contribution in [3.8, 4) is 11.4 Å². The van der Waals surface area contributed by atoms with Gasteiger partial charge in [0.25, 0.3) is 5.91 Å². The smallest absolute Gasteiger partial charge is 0.253 e. The Bertz CT molecular complexity index is 1190. The maximum absolute atomic E-state index is 12.5. The summed E-state index contributed by atoms with van der Waals surface area (Å²) in [5.74, 6) is 1.57. The molecule has 4 aromatic rings. The molecule has 1 N–H and O–H groups in total. The fourth-order valence-electron chi connectivity index (χ4n) is 3.93. The SMILES string of the molecule is O=C(NC1CCN(c2nc(-c3ccncc3)nc3ccccc23)CC1)c1cccnc1.